The van der Waals surface area contributed by atoms with Gasteiger partial charge in [0.25, 0.3) is 0 Å². The Hall–Kier alpha value is -7.13. The van der Waals surface area contributed by atoms with E-state index in [2.05, 4.69) is 115 Å². The summed E-state index contributed by atoms with van der Waals surface area (Å²) in [5, 5.41) is 5.60. The molecule has 0 amide bonds. The number of benzene rings is 7. The van der Waals surface area contributed by atoms with E-state index in [0.29, 0.717) is 23.3 Å². The van der Waals surface area contributed by atoms with Crippen molar-refractivity contribution < 1.29 is 4.42 Å². The molecule has 0 fully saturated rings. The largest absolute Gasteiger partial charge is 0.455 e. The molecule has 8 heteroatoms. The van der Waals surface area contributed by atoms with E-state index in [1.165, 1.54) is 24.9 Å². The van der Waals surface area contributed by atoms with E-state index in [4.69, 9.17) is 29.3 Å². The number of hydrogen-bond acceptors (Lipinski definition) is 8. The molecular weight excluding hydrogens is 739 g/mol. The van der Waals surface area contributed by atoms with Crippen LogP contribution in [0.1, 0.15) is 0 Å². The second-order valence-electron chi connectivity index (χ2n) is 14.0. The number of thiophene rings is 2. The van der Waals surface area contributed by atoms with Gasteiger partial charge in [-0.3, -0.25) is 0 Å². The minimum absolute atomic E-state index is 0.573. The molecule has 7 aromatic carbocycles. The Labute approximate surface area is 333 Å². The third-order valence-electron chi connectivity index (χ3n) is 10.6. The zero-order valence-corrected chi connectivity index (χ0v) is 31.7. The number of hydrogen-bond donors (Lipinski definition) is 0. The molecule has 0 aliphatic rings. The van der Waals surface area contributed by atoms with Crippen LogP contribution >= 0.6 is 22.7 Å². The van der Waals surface area contributed by atoms with Crippen molar-refractivity contribution in [2.24, 2.45) is 0 Å². The third-order valence-corrected chi connectivity index (χ3v) is 12.9. The zero-order valence-electron chi connectivity index (χ0n) is 30.0. The van der Waals surface area contributed by atoms with Crippen molar-refractivity contribution in [3.8, 4) is 56.8 Å². The van der Waals surface area contributed by atoms with Crippen molar-refractivity contribution in [2.75, 3.05) is 0 Å². The number of furan rings is 1. The second kappa shape index (κ2) is 12.7. The lowest BCUT2D eigenvalue weighted by Crippen LogP contribution is -2.00. The first-order valence-corrected chi connectivity index (χ1v) is 20.3. The summed E-state index contributed by atoms with van der Waals surface area (Å²) in [5.74, 6) is 2.43. The Morgan fingerprint density at radius 2 is 0.965 bits per heavy atom. The van der Waals surface area contributed by atoms with Gasteiger partial charge in [-0.15, -0.1) is 22.7 Å². The first-order chi connectivity index (χ1) is 28.2. The Bertz CT molecular complexity index is 3540. The van der Waals surface area contributed by atoms with E-state index in [1.54, 1.807) is 22.7 Å². The Balaban J connectivity index is 1.02. The van der Waals surface area contributed by atoms with Crippen LogP contribution in [0.3, 0.4) is 0 Å². The van der Waals surface area contributed by atoms with Crippen molar-refractivity contribution in [2.45, 2.75) is 0 Å². The van der Waals surface area contributed by atoms with Gasteiger partial charge in [0.2, 0.25) is 0 Å². The smallest absolute Gasteiger partial charge is 0.164 e. The molecule has 266 valence electrons. The lowest BCUT2D eigenvalue weighted by molar-refractivity contribution is 0.669. The second-order valence-corrected chi connectivity index (χ2v) is 16.2. The molecule has 0 spiro atoms. The number of para-hydroxylation sites is 1. The van der Waals surface area contributed by atoms with Gasteiger partial charge >= 0.3 is 0 Å². The Morgan fingerprint density at radius 3 is 1.74 bits per heavy atom. The SMILES string of the molecule is c1ccc(-c2nc(-c3ccc4c(c3)oc3c(-c5nc(-c6ccccc6)c6sc7ccccc7c6n5)cccc34)nc(-c3ccc4c(c3)sc3ccccc34)n2)cc1. The lowest BCUT2D eigenvalue weighted by Gasteiger charge is -2.08. The Morgan fingerprint density at radius 1 is 0.368 bits per heavy atom. The molecule has 12 aromatic rings. The van der Waals surface area contributed by atoms with E-state index in [1.807, 2.05) is 48.5 Å². The molecule has 5 aromatic heterocycles. The molecule has 0 saturated carbocycles. The van der Waals surface area contributed by atoms with E-state index >= 15 is 0 Å². The van der Waals surface area contributed by atoms with E-state index in [0.717, 1.165) is 71.1 Å². The van der Waals surface area contributed by atoms with Crippen LogP contribution in [0.5, 0.6) is 0 Å². The van der Waals surface area contributed by atoms with Gasteiger partial charge in [0, 0.05) is 63.3 Å². The summed E-state index contributed by atoms with van der Waals surface area (Å²) in [6.07, 6.45) is 0. The molecule has 6 nitrogen and oxygen atoms in total. The minimum Gasteiger partial charge on any atom is -0.455 e. The predicted octanol–water partition coefficient (Wildman–Crippen LogP) is 13.6. The molecule has 0 N–H and O–H groups in total. The fourth-order valence-corrected chi connectivity index (χ4v) is 10.1. The van der Waals surface area contributed by atoms with Crippen molar-refractivity contribution in [1.82, 2.24) is 24.9 Å². The monoisotopic (exact) mass is 765 g/mol. The highest BCUT2D eigenvalue weighted by Gasteiger charge is 2.21. The van der Waals surface area contributed by atoms with E-state index < -0.39 is 0 Å². The minimum atomic E-state index is 0.573. The highest BCUT2D eigenvalue weighted by atomic mass is 32.1. The average Bonchev–Trinajstić information content (AvgIpc) is 3.97. The standard InChI is InChI=1S/C49H27N5OS2/c1-3-12-28(13-4-1)42-45-43(36-17-8-10-21-40(36)57-45)51-49(50-42)37-19-11-18-35-32-24-22-30(26-38(32)55-44(35)37)47-52-46(29-14-5-2-6-15-29)53-48(54-47)31-23-25-34-33-16-7-9-20-39(33)56-41(34)27-31/h1-27H. The maximum Gasteiger partial charge on any atom is 0.164 e. The topological polar surface area (TPSA) is 77.6 Å². The molecule has 5 heterocycles. The summed E-state index contributed by atoms with van der Waals surface area (Å²) in [6, 6.07) is 56.3. The van der Waals surface area contributed by atoms with E-state index in [9.17, 15) is 0 Å². The van der Waals surface area contributed by atoms with Gasteiger partial charge in [-0.1, -0.05) is 127 Å². The molecule has 57 heavy (non-hydrogen) atoms. The normalized spacial score (nSPS) is 11.9. The van der Waals surface area contributed by atoms with Gasteiger partial charge in [-0.2, -0.15) is 0 Å². The summed E-state index contributed by atoms with van der Waals surface area (Å²) >= 11 is 3.51. The van der Waals surface area contributed by atoms with E-state index in [-0.39, 0.29) is 0 Å². The van der Waals surface area contributed by atoms with Crippen molar-refractivity contribution in [1.29, 1.82) is 0 Å². The van der Waals surface area contributed by atoms with Gasteiger partial charge in [0.15, 0.2) is 23.3 Å². The molecule has 0 saturated heterocycles. The van der Waals surface area contributed by atoms with Crippen LogP contribution in [0.4, 0.5) is 0 Å². The van der Waals surface area contributed by atoms with Gasteiger partial charge in [-0.25, -0.2) is 24.9 Å². The third kappa shape index (κ3) is 5.26. The summed E-state index contributed by atoms with van der Waals surface area (Å²) < 4.78 is 11.5. The molecule has 0 unspecified atom stereocenters. The molecule has 0 atom stereocenters. The van der Waals surface area contributed by atoms with Gasteiger partial charge in [-0.05, 0) is 36.4 Å². The van der Waals surface area contributed by atoms with Gasteiger partial charge in [0.05, 0.1) is 21.5 Å². The quantitative estimate of drug-likeness (QED) is 0.174. The Kier molecular flexibility index (Phi) is 7.17. The maximum atomic E-state index is 6.79. The number of aromatic nitrogens is 5. The summed E-state index contributed by atoms with van der Waals surface area (Å²) in [4.78, 5) is 25.6. The zero-order chi connectivity index (χ0) is 37.5. The molecule has 0 aliphatic heterocycles. The van der Waals surface area contributed by atoms with Crippen LogP contribution in [0.15, 0.2) is 168 Å². The molecule has 0 bridgehead atoms. The van der Waals surface area contributed by atoms with Gasteiger partial charge < -0.3 is 4.42 Å². The van der Waals surface area contributed by atoms with Crippen molar-refractivity contribution in [3.63, 3.8) is 0 Å². The van der Waals surface area contributed by atoms with Crippen LogP contribution in [0.25, 0.3) is 119 Å². The molecular formula is C49H27N5OS2. The van der Waals surface area contributed by atoms with Gasteiger partial charge in [0.1, 0.15) is 11.2 Å². The van der Waals surface area contributed by atoms with Crippen molar-refractivity contribution in [3.05, 3.63) is 164 Å². The fraction of sp³-hybridized carbons (Fsp3) is 0. The first-order valence-electron chi connectivity index (χ1n) is 18.7. The first kappa shape index (κ1) is 32.1. The molecule has 0 radical (unpaired) electrons. The summed E-state index contributed by atoms with van der Waals surface area (Å²) in [7, 11) is 0. The van der Waals surface area contributed by atoms with Crippen LogP contribution in [-0.4, -0.2) is 24.9 Å². The molecule has 0 aliphatic carbocycles. The highest BCUT2D eigenvalue weighted by molar-refractivity contribution is 7.26. The number of nitrogens with zero attached hydrogens (tertiary/aromatic N) is 5. The predicted molar refractivity (Wildman–Crippen MR) is 236 cm³/mol. The fourth-order valence-electron chi connectivity index (χ4n) is 7.83. The molecule has 12 rings (SSSR count). The van der Waals surface area contributed by atoms with Crippen molar-refractivity contribution >= 4 is 85.1 Å². The lowest BCUT2D eigenvalue weighted by atomic mass is 10.1. The van der Waals surface area contributed by atoms with Crippen LogP contribution in [0, 0.1) is 0 Å². The average molecular weight is 766 g/mol. The summed E-state index contributed by atoms with van der Waals surface area (Å²) in [5.41, 5.74) is 7.91. The summed E-state index contributed by atoms with van der Waals surface area (Å²) in [6.45, 7) is 0. The highest BCUT2D eigenvalue weighted by Crippen LogP contribution is 2.42. The number of fused-ring (bicyclic) bond motifs is 9. The van der Waals surface area contributed by atoms with Crippen LogP contribution in [-0.2, 0) is 0 Å². The maximum absolute atomic E-state index is 6.79. The number of rotatable bonds is 5. The van der Waals surface area contributed by atoms with Crippen LogP contribution in [0.2, 0.25) is 0 Å². The van der Waals surface area contributed by atoms with Crippen LogP contribution < -0.4 is 0 Å².